The number of rotatable bonds is 6. The van der Waals surface area contributed by atoms with Gasteiger partial charge < -0.3 is 4.90 Å². The van der Waals surface area contributed by atoms with Crippen LogP contribution in [0.5, 0.6) is 0 Å². The molecule has 0 unspecified atom stereocenters. The van der Waals surface area contributed by atoms with E-state index in [9.17, 15) is 0 Å². The van der Waals surface area contributed by atoms with Crippen molar-refractivity contribution in [3.8, 4) is 0 Å². The molecule has 1 aromatic heterocycles. The Balaban J connectivity index is 1.15. The number of piperidine rings is 1. The Labute approximate surface area is 145 Å². The average molecular weight is 321 g/mol. The molecule has 2 aromatic rings. The van der Waals surface area contributed by atoms with E-state index in [1.54, 1.807) is 11.9 Å². The second-order valence-corrected chi connectivity index (χ2v) is 7.44. The summed E-state index contributed by atoms with van der Waals surface area (Å²) >= 11 is 0. The number of hydrogen-bond donors (Lipinski definition) is 0. The van der Waals surface area contributed by atoms with Crippen molar-refractivity contribution in [2.75, 3.05) is 18.0 Å². The molecule has 0 bridgehead atoms. The van der Waals surface area contributed by atoms with E-state index >= 15 is 0 Å². The van der Waals surface area contributed by atoms with Gasteiger partial charge in [0.05, 0.1) is 0 Å². The van der Waals surface area contributed by atoms with Gasteiger partial charge in [-0.05, 0) is 55.1 Å². The summed E-state index contributed by atoms with van der Waals surface area (Å²) in [6, 6.07) is 13.1. The van der Waals surface area contributed by atoms with Crippen molar-refractivity contribution in [3.63, 3.8) is 0 Å². The van der Waals surface area contributed by atoms with Crippen molar-refractivity contribution in [1.29, 1.82) is 0 Å². The third-order valence-electron chi connectivity index (χ3n) is 5.84. The lowest BCUT2D eigenvalue weighted by molar-refractivity contribution is 0.364. The Kier molecular flexibility index (Phi) is 4.77. The molecule has 3 nitrogen and oxygen atoms in total. The highest BCUT2D eigenvalue weighted by molar-refractivity contribution is 5.36. The largest absolute Gasteiger partial charge is 0.357 e. The summed E-state index contributed by atoms with van der Waals surface area (Å²) in [6.45, 7) is 2.30. The number of hydrogen-bond acceptors (Lipinski definition) is 3. The van der Waals surface area contributed by atoms with E-state index in [1.165, 1.54) is 38.5 Å². The molecule has 2 heterocycles. The summed E-state index contributed by atoms with van der Waals surface area (Å²) in [4.78, 5) is 10.8. The lowest BCUT2D eigenvalue weighted by Gasteiger charge is -2.32. The lowest BCUT2D eigenvalue weighted by atomic mass is 9.91. The van der Waals surface area contributed by atoms with Crippen LogP contribution in [-0.4, -0.2) is 23.1 Å². The summed E-state index contributed by atoms with van der Waals surface area (Å²) in [7, 11) is 0. The van der Waals surface area contributed by atoms with Gasteiger partial charge in [0.1, 0.15) is 12.1 Å². The van der Waals surface area contributed by atoms with E-state index in [0.717, 1.165) is 36.7 Å². The van der Waals surface area contributed by atoms with Crippen LogP contribution in [0.4, 0.5) is 5.82 Å². The van der Waals surface area contributed by atoms with Crippen LogP contribution in [-0.2, 0) is 0 Å². The van der Waals surface area contributed by atoms with Gasteiger partial charge in [0, 0.05) is 19.3 Å². The predicted molar refractivity (Wildman–Crippen MR) is 98.1 cm³/mol. The topological polar surface area (TPSA) is 29.0 Å². The van der Waals surface area contributed by atoms with Crippen LogP contribution in [0, 0.1) is 11.8 Å². The minimum Gasteiger partial charge on any atom is -0.357 e. The highest BCUT2D eigenvalue weighted by Crippen LogP contribution is 2.50. The van der Waals surface area contributed by atoms with E-state index in [4.69, 9.17) is 0 Å². The first-order valence-corrected chi connectivity index (χ1v) is 9.46. The summed E-state index contributed by atoms with van der Waals surface area (Å²) in [5.74, 6) is 3.81. The molecule has 0 spiro atoms. The van der Waals surface area contributed by atoms with Crippen molar-refractivity contribution in [2.24, 2.45) is 11.8 Å². The molecule has 0 radical (unpaired) electrons. The lowest BCUT2D eigenvalue weighted by Crippen LogP contribution is -2.34. The molecule has 0 N–H and O–H groups in total. The monoisotopic (exact) mass is 321 g/mol. The smallest absolute Gasteiger partial charge is 0.131 e. The van der Waals surface area contributed by atoms with Crippen LogP contribution in [0.2, 0.25) is 0 Å². The van der Waals surface area contributed by atoms with Gasteiger partial charge >= 0.3 is 0 Å². The number of nitrogens with zero attached hydrogens (tertiary/aromatic N) is 3. The second kappa shape index (κ2) is 7.33. The number of benzene rings is 1. The van der Waals surface area contributed by atoms with E-state index in [2.05, 4.69) is 45.2 Å². The molecular weight excluding hydrogens is 294 g/mol. The Hall–Kier alpha value is -1.90. The molecule has 2 fully saturated rings. The summed E-state index contributed by atoms with van der Waals surface area (Å²) in [6.07, 6.45) is 11.8. The molecule has 1 saturated carbocycles. The minimum atomic E-state index is 0.853. The summed E-state index contributed by atoms with van der Waals surface area (Å²) in [5.41, 5.74) is 1.56. The van der Waals surface area contributed by atoms with Gasteiger partial charge in [-0.2, -0.15) is 0 Å². The van der Waals surface area contributed by atoms with E-state index in [-0.39, 0.29) is 0 Å². The van der Waals surface area contributed by atoms with Crippen LogP contribution >= 0.6 is 0 Å². The van der Waals surface area contributed by atoms with E-state index in [0.29, 0.717) is 0 Å². The first kappa shape index (κ1) is 15.6. The zero-order valence-corrected chi connectivity index (χ0v) is 14.3. The maximum Gasteiger partial charge on any atom is 0.131 e. The molecular formula is C21H27N3. The van der Waals surface area contributed by atoms with Gasteiger partial charge in [-0.25, -0.2) is 9.97 Å². The molecule has 2 aliphatic rings. The van der Waals surface area contributed by atoms with Crippen molar-refractivity contribution < 1.29 is 0 Å². The van der Waals surface area contributed by atoms with Gasteiger partial charge in [0.2, 0.25) is 0 Å². The van der Waals surface area contributed by atoms with Gasteiger partial charge in [-0.3, -0.25) is 0 Å². The van der Waals surface area contributed by atoms with Crippen LogP contribution in [0.3, 0.4) is 0 Å². The van der Waals surface area contributed by atoms with Crippen LogP contribution in [0.15, 0.2) is 48.9 Å². The first-order valence-electron chi connectivity index (χ1n) is 9.46. The molecule has 1 aromatic carbocycles. The summed E-state index contributed by atoms with van der Waals surface area (Å²) in [5, 5.41) is 0. The van der Waals surface area contributed by atoms with Crippen molar-refractivity contribution in [2.45, 2.75) is 44.4 Å². The third kappa shape index (κ3) is 3.77. The average Bonchev–Trinajstić information content (AvgIpc) is 3.43. The fourth-order valence-corrected chi connectivity index (χ4v) is 4.27. The highest BCUT2D eigenvalue weighted by atomic mass is 15.2. The molecule has 1 aliphatic carbocycles. The van der Waals surface area contributed by atoms with Crippen LogP contribution in [0.25, 0.3) is 0 Å². The van der Waals surface area contributed by atoms with Gasteiger partial charge in [0.15, 0.2) is 0 Å². The van der Waals surface area contributed by atoms with Crippen LogP contribution < -0.4 is 4.90 Å². The quantitative estimate of drug-likeness (QED) is 0.774. The van der Waals surface area contributed by atoms with Crippen molar-refractivity contribution in [3.05, 3.63) is 54.5 Å². The number of anilines is 1. The molecule has 126 valence electrons. The zero-order chi connectivity index (χ0) is 16.2. The Morgan fingerprint density at radius 1 is 1.00 bits per heavy atom. The Bertz CT molecular complexity index is 620. The van der Waals surface area contributed by atoms with Crippen LogP contribution in [0.1, 0.15) is 50.0 Å². The third-order valence-corrected chi connectivity index (χ3v) is 5.84. The Morgan fingerprint density at radius 3 is 2.58 bits per heavy atom. The van der Waals surface area contributed by atoms with Crippen molar-refractivity contribution >= 4 is 5.82 Å². The fraction of sp³-hybridized carbons (Fsp3) is 0.524. The molecule has 2 atom stereocenters. The maximum atomic E-state index is 4.37. The minimum absolute atomic E-state index is 0.853. The molecule has 1 saturated heterocycles. The molecule has 1 aliphatic heterocycles. The van der Waals surface area contributed by atoms with Crippen molar-refractivity contribution in [1.82, 2.24) is 9.97 Å². The van der Waals surface area contributed by atoms with E-state index in [1.807, 2.05) is 12.3 Å². The SMILES string of the molecule is c1ccc([C@@H]2C[C@H]2CCCC2CCN(c3ccncn3)CC2)cc1. The molecule has 4 rings (SSSR count). The normalized spacial score (nSPS) is 24.1. The molecule has 0 amide bonds. The standard InChI is InChI=1S/C21H27N3/c1-2-6-18(7-3-1)20-15-19(20)8-4-5-17-10-13-24(14-11-17)21-9-12-22-16-23-21/h1-3,6-7,9,12,16-17,19-20H,4-5,8,10-11,13-15H2/t19-,20+/m1/s1. The fourth-order valence-electron chi connectivity index (χ4n) is 4.27. The second-order valence-electron chi connectivity index (χ2n) is 7.44. The van der Waals surface area contributed by atoms with Gasteiger partial charge in [-0.1, -0.05) is 43.2 Å². The first-order chi connectivity index (χ1) is 11.9. The van der Waals surface area contributed by atoms with Gasteiger partial charge in [0.25, 0.3) is 0 Å². The maximum absolute atomic E-state index is 4.37. The highest BCUT2D eigenvalue weighted by Gasteiger charge is 2.37. The van der Waals surface area contributed by atoms with Gasteiger partial charge in [-0.15, -0.1) is 0 Å². The number of aromatic nitrogens is 2. The molecule has 24 heavy (non-hydrogen) atoms. The molecule has 3 heteroatoms. The Morgan fingerprint density at radius 2 is 1.83 bits per heavy atom. The predicted octanol–water partition coefficient (Wildman–Crippen LogP) is 4.67. The zero-order valence-electron chi connectivity index (χ0n) is 14.3. The van der Waals surface area contributed by atoms with E-state index < -0.39 is 0 Å². The summed E-state index contributed by atoms with van der Waals surface area (Å²) < 4.78 is 0.